The van der Waals surface area contributed by atoms with Crippen molar-refractivity contribution in [2.24, 2.45) is 0 Å². The highest BCUT2D eigenvalue weighted by Crippen LogP contribution is 2.27. The van der Waals surface area contributed by atoms with Crippen LogP contribution in [0.1, 0.15) is 0 Å². The van der Waals surface area contributed by atoms with Gasteiger partial charge in [0.2, 0.25) is 5.88 Å². The molecule has 2 aromatic rings. The second kappa shape index (κ2) is 5.36. The highest BCUT2D eigenvalue weighted by atomic mass is 19.4. The Kier molecular flexibility index (Phi) is 3.78. The van der Waals surface area contributed by atoms with Gasteiger partial charge in [0.25, 0.3) is 0 Å². The quantitative estimate of drug-likeness (QED) is 0.805. The monoisotopic (exact) mass is 287 g/mol. The van der Waals surface area contributed by atoms with Crippen LogP contribution in [-0.2, 0) is 0 Å². The molecule has 7 heteroatoms. The maximum Gasteiger partial charge on any atom is 0.573 e. The summed E-state index contributed by atoms with van der Waals surface area (Å²) in [6, 6.07) is 6.23. The minimum absolute atomic E-state index is 0.147. The number of nitrogens with zero attached hydrogens (tertiary/aromatic N) is 1. The molecule has 0 N–H and O–H groups in total. The van der Waals surface area contributed by atoms with Crippen molar-refractivity contribution in [2.75, 3.05) is 7.11 Å². The summed E-state index contributed by atoms with van der Waals surface area (Å²) >= 11 is 0. The van der Waals surface area contributed by atoms with Crippen molar-refractivity contribution in [3.8, 4) is 22.8 Å². The molecule has 0 spiro atoms. The van der Waals surface area contributed by atoms with Gasteiger partial charge in [-0.1, -0.05) is 12.1 Å². The molecule has 2 rings (SSSR count). The molecule has 0 radical (unpaired) electrons. The van der Waals surface area contributed by atoms with Crippen molar-refractivity contribution in [3.05, 3.63) is 42.3 Å². The number of rotatable bonds is 3. The summed E-state index contributed by atoms with van der Waals surface area (Å²) in [5, 5.41) is 0. The molecule has 20 heavy (non-hydrogen) atoms. The summed E-state index contributed by atoms with van der Waals surface area (Å²) in [5.74, 6) is -1.14. The van der Waals surface area contributed by atoms with Crippen molar-refractivity contribution in [3.63, 3.8) is 0 Å². The summed E-state index contributed by atoms with van der Waals surface area (Å²) in [5.41, 5.74) is 0.926. The van der Waals surface area contributed by atoms with E-state index in [2.05, 4.69) is 14.5 Å². The molecule has 3 nitrogen and oxygen atoms in total. The fourth-order valence-electron chi connectivity index (χ4n) is 1.58. The van der Waals surface area contributed by atoms with Gasteiger partial charge in [0.05, 0.1) is 7.11 Å². The molecule has 0 saturated heterocycles. The van der Waals surface area contributed by atoms with Crippen LogP contribution in [-0.4, -0.2) is 18.5 Å². The number of halogens is 4. The van der Waals surface area contributed by atoms with E-state index in [1.54, 1.807) is 0 Å². The van der Waals surface area contributed by atoms with Crippen LogP contribution in [0.4, 0.5) is 17.6 Å². The molecule has 0 atom stereocenters. The van der Waals surface area contributed by atoms with Gasteiger partial charge in [0.15, 0.2) is 5.82 Å². The Morgan fingerprint density at radius 1 is 1.05 bits per heavy atom. The number of benzene rings is 1. The standard InChI is InChI=1S/C13H9F4NO2/c1-19-12-11(14)6-9(7-18-12)8-2-4-10(5-3-8)20-13(15,16)17/h2-7H,1H3. The first-order valence-electron chi connectivity index (χ1n) is 5.45. The minimum atomic E-state index is -4.74. The van der Waals surface area contributed by atoms with Gasteiger partial charge in [-0.2, -0.15) is 0 Å². The molecular weight excluding hydrogens is 278 g/mol. The van der Waals surface area contributed by atoms with Crippen LogP contribution < -0.4 is 9.47 Å². The van der Waals surface area contributed by atoms with Gasteiger partial charge in [0, 0.05) is 11.8 Å². The average molecular weight is 287 g/mol. The smallest absolute Gasteiger partial charge is 0.479 e. The van der Waals surface area contributed by atoms with Crippen LogP contribution in [0.2, 0.25) is 0 Å². The molecule has 0 bridgehead atoms. The molecular formula is C13H9F4NO2. The zero-order valence-corrected chi connectivity index (χ0v) is 10.2. The predicted octanol–water partition coefficient (Wildman–Crippen LogP) is 3.79. The Morgan fingerprint density at radius 2 is 1.70 bits per heavy atom. The minimum Gasteiger partial charge on any atom is -0.479 e. The predicted molar refractivity (Wildman–Crippen MR) is 62.9 cm³/mol. The fourth-order valence-corrected chi connectivity index (χ4v) is 1.58. The first-order chi connectivity index (χ1) is 9.39. The SMILES string of the molecule is COc1ncc(-c2ccc(OC(F)(F)F)cc2)cc1F. The number of hydrogen-bond acceptors (Lipinski definition) is 3. The van der Waals surface area contributed by atoms with E-state index < -0.39 is 12.2 Å². The number of aromatic nitrogens is 1. The molecule has 0 saturated carbocycles. The Hall–Kier alpha value is -2.31. The first-order valence-corrected chi connectivity index (χ1v) is 5.45. The molecule has 0 aliphatic carbocycles. The van der Waals surface area contributed by atoms with Gasteiger partial charge in [-0.15, -0.1) is 13.2 Å². The third kappa shape index (κ3) is 3.37. The lowest BCUT2D eigenvalue weighted by Crippen LogP contribution is -2.16. The van der Waals surface area contributed by atoms with E-state index in [1.807, 2.05) is 0 Å². The van der Waals surface area contributed by atoms with E-state index in [9.17, 15) is 17.6 Å². The Bertz CT molecular complexity index is 596. The van der Waals surface area contributed by atoms with Gasteiger partial charge in [-0.25, -0.2) is 9.37 Å². The molecule has 106 valence electrons. The Balaban J connectivity index is 2.24. The Labute approximate surface area is 111 Å². The zero-order valence-electron chi connectivity index (χ0n) is 10.2. The largest absolute Gasteiger partial charge is 0.573 e. The topological polar surface area (TPSA) is 31.4 Å². The maximum absolute atomic E-state index is 13.5. The van der Waals surface area contributed by atoms with Crippen molar-refractivity contribution in [1.29, 1.82) is 0 Å². The van der Waals surface area contributed by atoms with E-state index in [-0.39, 0.29) is 11.6 Å². The van der Waals surface area contributed by atoms with Gasteiger partial charge >= 0.3 is 6.36 Å². The second-order valence-corrected chi connectivity index (χ2v) is 3.79. The first kappa shape index (κ1) is 14.1. The third-order valence-corrected chi connectivity index (χ3v) is 2.42. The number of methoxy groups -OCH3 is 1. The van der Waals surface area contributed by atoms with Crippen LogP contribution in [0.5, 0.6) is 11.6 Å². The van der Waals surface area contributed by atoms with Crippen LogP contribution in [0.25, 0.3) is 11.1 Å². The van der Waals surface area contributed by atoms with Gasteiger partial charge < -0.3 is 9.47 Å². The normalized spacial score (nSPS) is 11.2. The molecule has 0 amide bonds. The van der Waals surface area contributed by atoms with Crippen LogP contribution >= 0.6 is 0 Å². The molecule has 1 aromatic carbocycles. The van der Waals surface area contributed by atoms with Crippen LogP contribution in [0.3, 0.4) is 0 Å². The number of hydrogen-bond donors (Lipinski definition) is 0. The van der Waals surface area contributed by atoms with Crippen LogP contribution in [0.15, 0.2) is 36.5 Å². The summed E-state index contributed by atoms with van der Waals surface area (Å²) in [6.45, 7) is 0. The van der Waals surface area contributed by atoms with Crippen molar-refractivity contribution >= 4 is 0 Å². The highest BCUT2D eigenvalue weighted by Gasteiger charge is 2.30. The average Bonchev–Trinajstić information content (AvgIpc) is 2.37. The van der Waals surface area contributed by atoms with Crippen LogP contribution in [0, 0.1) is 5.82 Å². The lowest BCUT2D eigenvalue weighted by molar-refractivity contribution is -0.274. The van der Waals surface area contributed by atoms with Crippen molar-refractivity contribution in [2.45, 2.75) is 6.36 Å². The Morgan fingerprint density at radius 3 is 2.20 bits per heavy atom. The molecule has 1 aromatic heterocycles. The fraction of sp³-hybridized carbons (Fsp3) is 0.154. The summed E-state index contributed by atoms with van der Waals surface area (Å²) < 4.78 is 57.9. The number of alkyl halides is 3. The number of pyridine rings is 1. The van der Waals surface area contributed by atoms with E-state index in [0.717, 1.165) is 12.1 Å². The third-order valence-electron chi connectivity index (χ3n) is 2.42. The van der Waals surface area contributed by atoms with Gasteiger partial charge in [0.1, 0.15) is 5.75 Å². The number of ether oxygens (including phenoxy) is 2. The molecule has 0 fully saturated rings. The van der Waals surface area contributed by atoms with Crippen molar-refractivity contribution < 1.29 is 27.0 Å². The van der Waals surface area contributed by atoms with Gasteiger partial charge in [-0.05, 0) is 23.8 Å². The van der Waals surface area contributed by atoms with E-state index >= 15 is 0 Å². The molecule has 0 aliphatic heterocycles. The zero-order chi connectivity index (χ0) is 14.8. The lowest BCUT2D eigenvalue weighted by atomic mass is 10.1. The highest BCUT2D eigenvalue weighted by molar-refractivity contribution is 5.63. The summed E-state index contributed by atoms with van der Waals surface area (Å²) in [4.78, 5) is 3.75. The second-order valence-electron chi connectivity index (χ2n) is 3.79. The van der Waals surface area contributed by atoms with E-state index in [4.69, 9.17) is 0 Å². The molecule has 0 unspecified atom stereocenters. The van der Waals surface area contributed by atoms with Gasteiger partial charge in [-0.3, -0.25) is 0 Å². The molecule has 1 heterocycles. The summed E-state index contributed by atoms with van der Waals surface area (Å²) in [6.07, 6.45) is -3.38. The summed E-state index contributed by atoms with van der Waals surface area (Å²) in [7, 11) is 1.29. The van der Waals surface area contributed by atoms with E-state index in [1.165, 1.54) is 31.5 Å². The van der Waals surface area contributed by atoms with E-state index in [0.29, 0.717) is 11.1 Å². The molecule has 0 aliphatic rings. The lowest BCUT2D eigenvalue weighted by Gasteiger charge is -2.09. The van der Waals surface area contributed by atoms with Crippen molar-refractivity contribution in [1.82, 2.24) is 4.98 Å². The maximum atomic E-state index is 13.5.